The summed E-state index contributed by atoms with van der Waals surface area (Å²) in [5, 5.41) is 2.81. The molecule has 1 aromatic carbocycles. The van der Waals surface area contributed by atoms with Crippen LogP contribution in [0.4, 0.5) is 5.69 Å². The van der Waals surface area contributed by atoms with Gasteiger partial charge in [-0.1, -0.05) is 30.5 Å². The summed E-state index contributed by atoms with van der Waals surface area (Å²) in [6, 6.07) is 2.88. The topological polar surface area (TPSA) is 92.8 Å². The lowest BCUT2D eigenvalue weighted by atomic mass is 9.81. The zero-order valence-corrected chi connectivity index (χ0v) is 18.3. The molecular formula is C23H30N2O5. The number of anilines is 1. The van der Waals surface area contributed by atoms with Crippen molar-refractivity contribution in [1.29, 1.82) is 0 Å². The number of amides is 3. The molecule has 0 aromatic heterocycles. The number of benzene rings is 1. The Bertz CT molecular complexity index is 847. The van der Waals surface area contributed by atoms with Crippen molar-refractivity contribution < 1.29 is 23.9 Å². The first kappa shape index (κ1) is 22.0. The second kappa shape index (κ2) is 8.58. The van der Waals surface area contributed by atoms with Crippen LogP contribution in [0.1, 0.15) is 56.2 Å². The molecule has 1 saturated heterocycles. The summed E-state index contributed by atoms with van der Waals surface area (Å²) in [6.45, 7) is 8.74. The summed E-state index contributed by atoms with van der Waals surface area (Å²) in [5.74, 6) is -2.45. The van der Waals surface area contributed by atoms with Gasteiger partial charge in [-0.2, -0.15) is 0 Å². The second-order valence-electron chi connectivity index (χ2n) is 8.56. The number of hydrogen-bond donors (Lipinski definition) is 1. The van der Waals surface area contributed by atoms with Crippen LogP contribution in [0.15, 0.2) is 12.1 Å². The van der Waals surface area contributed by atoms with Crippen LogP contribution in [0.25, 0.3) is 0 Å². The van der Waals surface area contributed by atoms with E-state index in [1.165, 1.54) is 13.8 Å². The molecule has 1 saturated carbocycles. The van der Waals surface area contributed by atoms with E-state index < -0.39 is 24.0 Å². The smallest absolute Gasteiger partial charge is 0.329 e. The molecule has 0 spiro atoms. The third-order valence-corrected chi connectivity index (χ3v) is 6.19. The zero-order valence-electron chi connectivity index (χ0n) is 18.3. The molecule has 162 valence electrons. The van der Waals surface area contributed by atoms with E-state index in [9.17, 15) is 19.2 Å². The van der Waals surface area contributed by atoms with Crippen molar-refractivity contribution in [2.45, 2.75) is 72.4 Å². The molecule has 3 rings (SSSR count). The molecule has 1 aliphatic carbocycles. The molecule has 2 aliphatic rings. The fraction of sp³-hybridized carbons (Fsp3) is 0.565. The number of aryl methyl sites for hydroxylation is 3. The lowest BCUT2D eigenvalue weighted by Crippen LogP contribution is -2.46. The SMILES string of the molecule is Cc1cc(C)c(NC(=O)[C@@H](C)OC(=O)[C@H](C)N2C(=O)[C@H]3CCCC[C@H]3C2=O)c(C)c1. The lowest BCUT2D eigenvalue weighted by molar-refractivity contribution is -0.163. The quantitative estimate of drug-likeness (QED) is 0.590. The van der Waals surface area contributed by atoms with Gasteiger partial charge in [-0.15, -0.1) is 0 Å². The number of rotatable bonds is 5. The molecule has 2 fully saturated rings. The van der Waals surface area contributed by atoms with Gasteiger partial charge in [-0.3, -0.25) is 19.3 Å². The Kier molecular flexibility index (Phi) is 6.29. The van der Waals surface area contributed by atoms with E-state index in [-0.39, 0.29) is 23.7 Å². The minimum atomic E-state index is -1.06. The first-order valence-electron chi connectivity index (χ1n) is 10.6. The van der Waals surface area contributed by atoms with Crippen molar-refractivity contribution in [1.82, 2.24) is 4.90 Å². The van der Waals surface area contributed by atoms with Crippen molar-refractivity contribution in [3.8, 4) is 0 Å². The number of nitrogens with zero attached hydrogens (tertiary/aromatic N) is 1. The largest absolute Gasteiger partial charge is 0.451 e. The monoisotopic (exact) mass is 414 g/mol. The van der Waals surface area contributed by atoms with Gasteiger partial charge in [0.25, 0.3) is 5.91 Å². The van der Waals surface area contributed by atoms with Gasteiger partial charge in [0.2, 0.25) is 11.8 Å². The van der Waals surface area contributed by atoms with Crippen LogP contribution >= 0.6 is 0 Å². The summed E-state index contributed by atoms with van der Waals surface area (Å²) in [7, 11) is 0. The molecule has 1 aromatic rings. The number of esters is 1. The normalized spacial score (nSPS) is 23.0. The Morgan fingerprint density at radius 1 is 1.00 bits per heavy atom. The minimum Gasteiger partial charge on any atom is -0.451 e. The van der Waals surface area contributed by atoms with E-state index in [0.717, 1.165) is 34.4 Å². The summed E-state index contributed by atoms with van der Waals surface area (Å²) in [5.41, 5.74) is 3.62. The highest BCUT2D eigenvalue weighted by Crippen LogP contribution is 2.39. The van der Waals surface area contributed by atoms with Crippen LogP contribution in [0.3, 0.4) is 0 Å². The molecular weight excluding hydrogens is 384 g/mol. The number of ether oxygens (including phenoxy) is 1. The van der Waals surface area contributed by atoms with Crippen molar-refractivity contribution >= 4 is 29.4 Å². The maximum Gasteiger partial charge on any atom is 0.329 e. The maximum absolute atomic E-state index is 12.7. The summed E-state index contributed by atoms with van der Waals surface area (Å²) in [4.78, 5) is 51.6. The number of nitrogens with one attached hydrogen (secondary N) is 1. The highest BCUT2D eigenvalue weighted by atomic mass is 16.5. The molecule has 30 heavy (non-hydrogen) atoms. The average molecular weight is 415 g/mol. The third kappa shape index (κ3) is 4.11. The predicted molar refractivity (Wildman–Crippen MR) is 112 cm³/mol. The van der Waals surface area contributed by atoms with Crippen LogP contribution < -0.4 is 5.32 Å². The van der Waals surface area contributed by atoms with E-state index in [4.69, 9.17) is 4.74 Å². The number of carbonyl (C=O) groups is 4. The highest BCUT2D eigenvalue weighted by Gasteiger charge is 2.51. The minimum absolute atomic E-state index is 0.294. The Morgan fingerprint density at radius 3 is 2.00 bits per heavy atom. The molecule has 4 atom stereocenters. The standard InChI is InChI=1S/C23H30N2O5/c1-12-10-13(2)19(14(3)11-12)24-20(26)16(5)30-23(29)15(4)25-21(27)17-8-6-7-9-18(17)22(25)28/h10-11,15-18H,6-9H2,1-5H3,(H,24,26)/t15-,16+,17-,18+/m0/s1. The van der Waals surface area contributed by atoms with Crippen LogP contribution in [-0.2, 0) is 23.9 Å². The van der Waals surface area contributed by atoms with E-state index >= 15 is 0 Å². The zero-order chi connectivity index (χ0) is 22.2. The van der Waals surface area contributed by atoms with Crippen molar-refractivity contribution in [2.75, 3.05) is 5.32 Å². The summed E-state index contributed by atoms with van der Waals surface area (Å²) >= 11 is 0. The van der Waals surface area contributed by atoms with E-state index in [1.807, 2.05) is 32.9 Å². The van der Waals surface area contributed by atoms with Gasteiger partial charge in [0.1, 0.15) is 6.04 Å². The molecule has 0 radical (unpaired) electrons. The van der Waals surface area contributed by atoms with E-state index in [2.05, 4.69) is 5.32 Å². The van der Waals surface area contributed by atoms with E-state index in [0.29, 0.717) is 18.5 Å². The van der Waals surface area contributed by atoms with Crippen molar-refractivity contribution in [3.05, 3.63) is 28.8 Å². The van der Waals surface area contributed by atoms with Gasteiger partial charge < -0.3 is 10.1 Å². The molecule has 1 aliphatic heterocycles. The van der Waals surface area contributed by atoms with Gasteiger partial charge in [-0.25, -0.2) is 4.79 Å². The third-order valence-electron chi connectivity index (χ3n) is 6.19. The van der Waals surface area contributed by atoms with Gasteiger partial charge in [0.05, 0.1) is 11.8 Å². The van der Waals surface area contributed by atoms with Crippen LogP contribution in [-0.4, -0.2) is 40.7 Å². The molecule has 1 N–H and O–H groups in total. The van der Waals surface area contributed by atoms with Gasteiger partial charge in [0.15, 0.2) is 6.10 Å². The van der Waals surface area contributed by atoms with Crippen molar-refractivity contribution in [3.63, 3.8) is 0 Å². The fourth-order valence-electron chi connectivity index (χ4n) is 4.60. The fourth-order valence-corrected chi connectivity index (χ4v) is 4.60. The first-order valence-corrected chi connectivity index (χ1v) is 10.6. The number of fused-ring (bicyclic) bond motifs is 1. The Balaban J connectivity index is 1.64. The molecule has 0 bridgehead atoms. The van der Waals surface area contributed by atoms with Crippen LogP contribution in [0.5, 0.6) is 0 Å². The molecule has 7 heteroatoms. The van der Waals surface area contributed by atoms with Crippen LogP contribution in [0, 0.1) is 32.6 Å². The number of hydrogen-bond acceptors (Lipinski definition) is 5. The van der Waals surface area contributed by atoms with Gasteiger partial charge >= 0.3 is 5.97 Å². The summed E-state index contributed by atoms with van der Waals surface area (Å²) < 4.78 is 5.31. The lowest BCUT2D eigenvalue weighted by Gasteiger charge is -2.23. The highest BCUT2D eigenvalue weighted by molar-refractivity contribution is 6.08. The molecule has 3 amide bonds. The maximum atomic E-state index is 12.7. The first-order chi connectivity index (χ1) is 14.1. The number of likely N-dealkylation sites (tertiary alicyclic amines) is 1. The number of carbonyl (C=O) groups excluding carboxylic acids is 4. The predicted octanol–water partition coefficient (Wildman–Crippen LogP) is 3.05. The van der Waals surface area contributed by atoms with E-state index in [1.54, 1.807) is 0 Å². The van der Waals surface area contributed by atoms with Gasteiger partial charge in [0, 0.05) is 5.69 Å². The Labute approximate surface area is 177 Å². The molecule has 1 heterocycles. The van der Waals surface area contributed by atoms with Crippen molar-refractivity contribution in [2.24, 2.45) is 11.8 Å². The van der Waals surface area contributed by atoms with Crippen LogP contribution in [0.2, 0.25) is 0 Å². The molecule has 7 nitrogen and oxygen atoms in total. The Hall–Kier alpha value is -2.70. The molecule has 0 unspecified atom stereocenters. The second-order valence-corrected chi connectivity index (χ2v) is 8.56. The van der Waals surface area contributed by atoms with Gasteiger partial charge in [-0.05, 0) is 58.6 Å². The Morgan fingerprint density at radius 2 is 1.50 bits per heavy atom. The number of imide groups is 1. The summed E-state index contributed by atoms with van der Waals surface area (Å²) in [6.07, 6.45) is 2.14. The average Bonchev–Trinajstić information content (AvgIpc) is 2.94.